The van der Waals surface area contributed by atoms with Gasteiger partial charge in [-0.3, -0.25) is 4.79 Å². The van der Waals surface area contributed by atoms with Crippen molar-refractivity contribution in [2.75, 3.05) is 7.11 Å². The highest BCUT2D eigenvalue weighted by molar-refractivity contribution is 5.90. The molecule has 24 heavy (non-hydrogen) atoms. The first-order valence-electron chi connectivity index (χ1n) is 8.49. The summed E-state index contributed by atoms with van der Waals surface area (Å²) in [6, 6.07) is 5.68. The number of aliphatic carboxylic acids is 1. The Morgan fingerprint density at radius 3 is 2.50 bits per heavy atom. The molecule has 1 fully saturated rings. The minimum absolute atomic E-state index is 0.269. The van der Waals surface area contributed by atoms with Crippen LogP contribution < -0.4 is 10.1 Å². The number of carboxylic acids is 1. The largest absolute Gasteiger partial charge is 0.496 e. The van der Waals surface area contributed by atoms with E-state index < -0.39 is 17.4 Å². The molecule has 1 unspecified atom stereocenters. The average Bonchev–Trinajstić information content (AvgIpc) is 2.56. The summed E-state index contributed by atoms with van der Waals surface area (Å²) in [5.74, 6) is -0.528. The van der Waals surface area contributed by atoms with Gasteiger partial charge in [-0.2, -0.15) is 0 Å². The number of hydrogen-bond acceptors (Lipinski definition) is 3. The summed E-state index contributed by atoms with van der Waals surface area (Å²) in [6.07, 6.45) is 2.59. The first-order valence-corrected chi connectivity index (χ1v) is 8.49. The van der Waals surface area contributed by atoms with Crippen molar-refractivity contribution in [1.29, 1.82) is 0 Å². The molecular weight excluding hydrogens is 306 g/mol. The second kappa shape index (κ2) is 7.24. The Balaban J connectivity index is 2.20. The lowest BCUT2D eigenvalue weighted by Gasteiger charge is -2.37. The number of nitrogens with one attached hydrogen (secondary N) is 1. The van der Waals surface area contributed by atoms with Crippen molar-refractivity contribution in [2.24, 2.45) is 5.92 Å². The van der Waals surface area contributed by atoms with Gasteiger partial charge in [-0.05, 0) is 57.1 Å². The molecule has 1 aliphatic rings. The Bertz CT molecular complexity index is 618. The molecule has 2 N–H and O–H groups in total. The van der Waals surface area contributed by atoms with Gasteiger partial charge in [0, 0.05) is 5.56 Å². The van der Waals surface area contributed by atoms with E-state index in [-0.39, 0.29) is 5.91 Å². The topological polar surface area (TPSA) is 75.6 Å². The van der Waals surface area contributed by atoms with Crippen LogP contribution in [-0.2, 0) is 9.59 Å². The van der Waals surface area contributed by atoms with Crippen molar-refractivity contribution in [3.05, 3.63) is 29.3 Å². The van der Waals surface area contributed by atoms with Crippen LogP contribution in [0, 0.1) is 12.8 Å². The van der Waals surface area contributed by atoms with Gasteiger partial charge in [0.2, 0.25) is 5.91 Å². The Morgan fingerprint density at radius 1 is 1.33 bits per heavy atom. The van der Waals surface area contributed by atoms with Gasteiger partial charge in [0.05, 0.1) is 13.0 Å². The van der Waals surface area contributed by atoms with Gasteiger partial charge in [0.15, 0.2) is 0 Å². The van der Waals surface area contributed by atoms with Crippen LogP contribution in [0.1, 0.15) is 56.6 Å². The molecule has 5 nitrogen and oxygen atoms in total. The van der Waals surface area contributed by atoms with Gasteiger partial charge in [-0.15, -0.1) is 0 Å². The normalized spacial score (nSPS) is 24.9. The molecule has 1 saturated carbocycles. The summed E-state index contributed by atoms with van der Waals surface area (Å²) >= 11 is 0. The lowest BCUT2D eigenvalue weighted by molar-refractivity contribution is -0.149. The first kappa shape index (κ1) is 18.3. The number of ether oxygens (including phenoxy) is 1. The predicted octanol–water partition coefficient (Wildman–Crippen LogP) is 3.26. The standard InChI is InChI=1S/C19H27NO4/c1-12-7-9-19(10-8-12,18(22)23)20-17(21)14(3)15-6-5-13(2)11-16(15)24-4/h5-6,11-12,14H,7-10H2,1-4H3,(H,20,21)(H,22,23). The summed E-state index contributed by atoms with van der Waals surface area (Å²) < 4.78 is 5.38. The Morgan fingerprint density at radius 2 is 1.96 bits per heavy atom. The van der Waals surface area contributed by atoms with Crippen LogP contribution in [0.2, 0.25) is 0 Å². The van der Waals surface area contributed by atoms with E-state index in [2.05, 4.69) is 12.2 Å². The van der Waals surface area contributed by atoms with Gasteiger partial charge < -0.3 is 15.2 Å². The van der Waals surface area contributed by atoms with Crippen molar-refractivity contribution in [2.45, 2.75) is 57.9 Å². The molecule has 0 heterocycles. The number of aryl methyl sites for hydroxylation is 1. The first-order chi connectivity index (χ1) is 11.3. The van der Waals surface area contributed by atoms with Gasteiger partial charge in [0.1, 0.15) is 11.3 Å². The minimum atomic E-state index is -1.14. The Labute approximate surface area is 143 Å². The highest BCUT2D eigenvalue weighted by atomic mass is 16.5. The van der Waals surface area contributed by atoms with Crippen LogP contribution in [-0.4, -0.2) is 29.6 Å². The van der Waals surface area contributed by atoms with E-state index in [4.69, 9.17) is 4.74 Å². The van der Waals surface area contributed by atoms with Crippen LogP contribution >= 0.6 is 0 Å². The van der Waals surface area contributed by atoms with E-state index in [0.717, 1.165) is 24.0 Å². The van der Waals surface area contributed by atoms with Crippen LogP contribution in [0.4, 0.5) is 0 Å². The molecule has 2 rings (SSSR count). The third kappa shape index (κ3) is 3.71. The lowest BCUT2D eigenvalue weighted by Crippen LogP contribution is -2.57. The number of benzene rings is 1. The molecule has 0 saturated heterocycles. The summed E-state index contributed by atoms with van der Waals surface area (Å²) in [5, 5.41) is 12.5. The highest BCUT2D eigenvalue weighted by Gasteiger charge is 2.43. The minimum Gasteiger partial charge on any atom is -0.496 e. The van der Waals surface area contributed by atoms with Crippen molar-refractivity contribution < 1.29 is 19.4 Å². The van der Waals surface area contributed by atoms with Crippen LogP contribution in [0.5, 0.6) is 5.75 Å². The second-order valence-electron chi connectivity index (χ2n) is 7.03. The molecule has 0 spiro atoms. The second-order valence-corrected chi connectivity index (χ2v) is 7.03. The quantitative estimate of drug-likeness (QED) is 0.867. The zero-order chi connectivity index (χ0) is 17.9. The molecule has 0 aromatic heterocycles. The molecule has 1 atom stereocenters. The van der Waals surface area contributed by atoms with Gasteiger partial charge in [0.25, 0.3) is 0 Å². The Kier molecular flexibility index (Phi) is 5.52. The van der Waals surface area contributed by atoms with Crippen molar-refractivity contribution in [3.8, 4) is 5.75 Å². The van der Waals surface area contributed by atoms with Crippen LogP contribution in [0.15, 0.2) is 18.2 Å². The lowest BCUT2D eigenvalue weighted by atomic mass is 9.76. The number of carbonyl (C=O) groups is 2. The summed E-state index contributed by atoms with van der Waals surface area (Å²) in [6.45, 7) is 5.86. The maximum atomic E-state index is 12.7. The molecule has 0 radical (unpaired) electrons. The average molecular weight is 333 g/mol. The number of hydrogen-bond donors (Lipinski definition) is 2. The zero-order valence-corrected chi connectivity index (χ0v) is 14.9. The summed E-state index contributed by atoms with van der Waals surface area (Å²) in [7, 11) is 1.57. The Hall–Kier alpha value is -2.04. The van der Waals surface area contributed by atoms with E-state index in [1.807, 2.05) is 25.1 Å². The number of methoxy groups -OCH3 is 1. The molecule has 1 aromatic rings. The van der Waals surface area contributed by atoms with E-state index in [1.54, 1.807) is 14.0 Å². The molecule has 132 valence electrons. The van der Waals surface area contributed by atoms with Crippen LogP contribution in [0.3, 0.4) is 0 Å². The van der Waals surface area contributed by atoms with Crippen molar-refractivity contribution >= 4 is 11.9 Å². The number of amides is 1. The van der Waals surface area contributed by atoms with E-state index in [9.17, 15) is 14.7 Å². The fourth-order valence-corrected chi connectivity index (χ4v) is 3.31. The number of carboxylic acid groups (broad SMARTS) is 1. The molecule has 1 aromatic carbocycles. The van der Waals surface area contributed by atoms with Crippen molar-refractivity contribution in [1.82, 2.24) is 5.32 Å². The number of rotatable bonds is 5. The summed E-state index contributed by atoms with van der Waals surface area (Å²) in [4.78, 5) is 24.5. The molecular formula is C19H27NO4. The van der Waals surface area contributed by atoms with E-state index in [1.165, 1.54) is 0 Å². The monoisotopic (exact) mass is 333 g/mol. The summed E-state index contributed by atoms with van der Waals surface area (Å²) in [5.41, 5.74) is 0.673. The third-order valence-electron chi connectivity index (χ3n) is 5.15. The molecule has 1 amide bonds. The maximum absolute atomic E-state index is 12.7. The van der Waals surface area contributed by atoms with E-state index >= 15 is 0 Å². The smallest absolute Gasteiger partial charge is 0.329 e. The molecule has 1 aliphatic carbocycles. The van der Waals surface area contributed by atoms with Crippen LogP contribution in [0.25, 0.3) is 0 Å². The van der Waals surface area contributed by atoms with Gasteiger partial charge >= 0.3 is 5.97 Å². The third-order valence-corrected chi connectivity index (χ3v) is 5.15. The van der Waals surface area contributed by atoms with Gasteiger partial charge in [-0.25, -0.2) is 4.79 Å². The fourth-order valence-electron chi connectivity index (χ4n) is 3.31. The molecule has 0 bridgehead atoms. The molecule has 0 aliphatic heterocycles. The molecule has 5 heteroatoms. The zero-order valence-electron chi connectivity index (χ0n) is 14.9. The maximum Gasteiger partial charge on any atom is 0.329 e. The predicted molar refractivity (Wildman–Crippen MR) is 92.3 cm³/mol. The fraction of sp³-hybridized carbons (Fsp3) is 0.579. The number of carbonyl (C=O) groups excluding carboxylic acids is 1. The van der Waals surface area contributed by atoms with Crippen molar-refractivity contribution in [3.63, 3.8) is 0 Å². The van der Waals surface area contributed by atoms with Gasteiger partial charge in [-0.1, -0.05) is 19.1 Å². The highest BCUT2D eigenvalue weighted by Crippen LogP contribution is 2.34. The SMILES string of the molecule is COc1cc(C)ccc1C(C)C(=O)NC1(C(=O)O)CCC(C)CC1. The van der Waals surface area contributed by atoms with E-state index in [0.29, 0.717) is 24.5 Å².